The summed E-state index contributed by atoms with van der Waals surface area (Å²) >= 11 is 0. The molecule has 0 aromatic carbocycles. The van der Waals surface area contributed by atoms with Crippen LogP contribution >= 0.6 is 0 Å². The highest BCUT2D eigenvalue weighted by Crippen LogP contribution is 2.14. The van der Waals surface area contributed by atoms with E-state index < -0.39 is 5.97 Å². The number of amides is 1. The molecule has 0 saturated carbocycles. The molecular formula is C13H17N3O4. The van der Waals surface area contributed by atoms with Crippen LogP contribution in [0.2, 0.25) is 0 Å². The van der Waals surface area contributed by atoms with E-state index in [1.165, 1.54) is 6.42 Å². The fourth-order valence-electron chi connectivity index (χ4n) is 2.03. The Kier molecular flexibility index (Phi) is 5.00. The molecule has 1 atom stereocenters. The Morgan fingerprint density at radius 1 is 1.30 bits per heavy atom. The lowest BCUT2D eigenvalue weighted by Crippen LogP contribution is -2.30. The van der Waals surface area contributed by atoms with Gasteiger partial charge in [-0.05, 0) is 25.7 Å². The third-order valence-corrected chi connectivity index (χ3v) is 3.13. The van der Waals surface area contributed by atoms with E-state index in [1.54, 1.807) is 0 Å². The summed E-state index contributed by atoms with van der Waals surface area (Å²) in [6.07, 6.45) is 6.52. The lowest BCUT2D eigenvalue weighted by atomic mass is 10.1. The van der Waals surface area contributed by atoms with Crippen molar-refractivity contribution < 1.29 is 19.4 Å². The zero-order valence-corrected chi connectivity index (χ0v) is 11.0. The van der Waals surface area contributed by atoms with Crippen LogP contribution in [0.5, 0.6) is 0 Å². The molecule has 7 heteroatoms. The minimum atomic E-state index is -1.17. The van der Waals surface area contributed by atoms with Gasteiger partial charge in [0, 0.05) is 13.2 Å². The van der Waals surface area contributed by atoms with Crippen LogP contribution in [0.4, 0.5) is 0 Å². The number of carboxylic acid groups (broad SMARTS) is 1. The summed E-state index contributed by atoms with van der Waals surface area (Å²) in [6, 6.07) is 0. The van der Waals surface area contributed by atoms with E-state index in [0.717, 1.165) is 38.3 Å². The minimum Gasteiger partial charge on any atom is -0.476 e. The summed E-state index contributed by atoms with van der Waals surface area (Å²) in [5.74, 6) is -1.52. The van der Waals surface area contributed by atoms with Crippen LogP contribution in [0.25, 0.3) is 0 Å². The summed E-state index contributed by atoms with van der Waals surface area (Å²) in [5, 5.41) is 11.4. The highest BCUT2D eigenvalue weighted by molar-refractivity contribution is 5.92. The molecule has 1 saturated heterocycles. The van der Waals surface area contributed by atoms with Crippen molar-refractivity contribution in [2.75, 3.05) is 13.2 Å². The number of hydrogen-bond donors (Lipinski definition) is 2. The highest BCUT2D eigenvalue weighted by atomic mass is 16.5. The van der Waals surface area contributed by atoms with Crippen molar-refractivity contribution in [1.82, 2.24) is 15.3 Å². The molecule has 20 heavy (non-hydrogen) atoms. The van der Waals surface area contributed by atoms with Gasteiger partial charge in [-0.3, -0.25) is 4.79 Å². The van der Waals surface area contributed by atoms with Crippen LogP contribution < -0.4 is 5.32 Å². The van der Waals surface area contributed by atoms with E-state index in [4.69, 9.17) is 9.84 Å². The maximum atomic E-state index is 11.8. The van der Waals surface area contributed by atoms with Crippen molar-refractivity contribution in [1.29, 1.82) is 0 Å². The van der Waals surface area contributed by atoms with E-state index in [9.17, 15) is 9.59 Å². The van der Waals surface area contributed by atoms with Gasteiger partial charge in [0.2, 0.25) is 0 Å². The van der Waals surface area contributed by atoms with Gasteiger partial charge in [0.1, 0.15) is 5.69 Å². The van der Waals surface area contributed by atoms with Crippen molar-refractivity contribution in [3.8, 4) is 0 Å². The number of carboxylic acids is 1. The lowest BCUT2D eigenvalue weighted by Gasteiger charge is -2.22. The number of carbonyl (C=O) groups excluding carboxylic acids is 1. The minimum absolute atomic E-state index is 0.111. The summed E-state index contributed by atoms with van der Waals surface area (Å²) < 4.78 is 5.56. The molecule has 0 radical (unpaired) electrons. The molecule has 1 aromatic heterocycles. The molecule has 108 valence electrons. The average Bonchev–Trinajstić information content (AvgIpc) is 2.48. The Morgan fingerprint density at radius 3 is 2.65 bits per heavy atom. The third-order valence-electron chi connectivity index (χ3n) is 3.13. The van der Waals surface area contributed by atoms with Crippen molar-refractivity contribution >= 4 is 11.9 Å². The number of nitrogens with zero attached hydrogens (tertiary/aromatic N) is 2. The molecule has 1 amide bonds. The number of rotatable bonds is 5. The van der Waals surface area contributed by atoms with Gasteiger partial charge < -0.3 is 15.2 Å². The molecule has 0 spiro atoms. The van der Waals surface area contributed by atoms with Gasteiger partial charge in [0.25, 0.3) is 5.91 Å². The molecule has 1 fully saturated rings. The van der Waals surface area contributed by atoms with Crippen molar-refractivity contribution in [2.24, 2.45) is 0 Å². The molecule has 2 N–H and O–H groups in total. The highest BCUT2D eigenvalue weighted by Gasteiger charge is 2.15. The molecule has 0 aliphatic carbocycles. The second kappa shape index (κ2) is 6.95. The van der Waals surface area contributed by atoms with Gasteiger partial charge in [0.15, 0.2) is 5.69 Å². The van der Waals surface area contributed by atoms with E-state index in [-0.39, 0.29) is 23.4 Å². The number of carbonyl (C=O) groups is 2. The number of hydrogen-bond acceptors (Lipinski definition) is 5. The van der Waals surface area contributed by atoms with Gasteiger partial charge in [0.05, 0.1) is 18.5 Å². The first-order chi connectivity index (χ1) is 9.66. The Morgan fingerprint density at radius 2 is 2.05 bits per heavy atom. The monoisotopic (exact) mass is 279 g/mol. The smallest absolute Gasteiger partial charge is 0.356 e. The molecule has 7 nitrogen and oxygen atoms in total. The summed E-state index contributed by atoms with van der Waals surface area (Å²) in [5.41, 5.74) is -0.0725. The van der Waals surface area contributed by atoms with Crippen molar-refractivity contribution in [2.45, 2.75) is 31.8 Å². The first-order valence-electron chi connectivity index (χ1n) is 6.62. The normalized spacial score (nSPS) is 18.5. The van der Waals surface area contributed by atoms with Crippen molar-refractivity contribution in [3.05, 3.63) is 23.8 Å². The summed E-state index contributed by atoms with van der Waals surface area (Å²) in [4.78, 5) is 29.8. The molecule has 1 unspecified atom stereocenters. The number of ether oxygens (including phenoxy) is 1. The Balaban J connectivity index is 1.77. The number of aromatic carboxylic acids is 1. The van der Waals surface area contributed by atoms with Crippen LogP contribution in [0.1, 0.15) is 46.7 Å². The predicted molar refractivity (Wildman–Crippen MR) is 69.5 cm³/mol. The maximum Gasteiger partial charge on any atom is 0.356 e. The topological polar surface area (TPSA) is 101 Å². The standard InChI is InChI=1S/C13H17N3O4/c17-12(10-7-16-11(8-15-10)13(18)19)14-5-4-9-3-1-2-6-20-9/h7-9H,1-6H2,(H,14,17)(H,18,19). The molecule has 2 rings (SSSR count). The lowest BCUT2D eigenvalue weighted by molar-refractivity contribution is 0.0117. The van der Waals surface area contributed by atoms with E-state index in [1.807, 2.05) is 0 Å². The molecule has 1 aromatic rings. The molecule has 1 aliphatic heterocycles. The first-order valence-corrected chi connectivity index (χ1v) is 6.62. The van der Waals surface area contributed by atoms with E-state index in [2.05, 4.69) is 15.3 Å². The van der Waals surface area contributed by atoms with Gasteiger partial charge >= 0.3 is 5.97 Å². The van der Waals surface area contributed by atoms with E-state index >= 15 is 0 Å². The predicted octanol–water partition coefficient (Wildman–Crippen LogP) is 0.864. The largest absolute Gasteiger partial charge is 0.476 e. The van der Waals surface area contributed by atoms with Crippen molar-refractivity contribution in [3.63, 3.8) is 0 Å². The second-order valence-electron chi connectivity index (χ2n) is 4.63. The van der Waals surface area contributed by atoms with Gasteiger partial charge in [-0.15, -0.1) is 0 Å². The molecule has 0 bridgehead atoms. The summed E-state index contributed by atoms with van der Waals surface area (Å²) in [6.45, 7) is 1.30. The summed E-state index contributed by atoms with van der Waals surface area (Å²) in [7, 11) is 0. The van der Waals surface area contributed by atoms with Crippen LogP contribution in [0.15, 0.2) is 12.4 Å². The fourth-order valence-corrected chi connectivity index (χ4v) is 2.03. The van der Waals surface area contributed by atoms with Crippen LogP contribution in [0.3, 0.4) is 0 Å². The maximum absolute atomic E-state index is 11.8. The molecule has 1 aliphatic rings. The fraction of sp³-hybridized carbons (Fsp3) is 0.538. The second-order valence-corrected chi connectivity index (χ2v) is 4.63. The van der Waals surface area contributed by atoms with E-state index in [0.29, 0.717) is 6.54 Å². The molecule has 2 heterocycles. The zero-order valence-electron chi connectivity index (χ0n) is 11.0. The first kappa shape index (κ1) is 14.4. The average molecular weight is 279 g/mol. The van der Waals surface area contributed by atoms with Crippen LogP contribution in [0, 0.1) is 0 Å². The third kappa shape index (κ3) is 3.99. The number of nitrogens with one attached hydrogen (secondary N) is 1. The number of aromatic nitrogens is 2. The Hall–Kier alpha value is -2.02. The zero-order chi connectivity index (χ0) is 14.4. The van der Waals surface area contributed by atoms with Gasteiger partial charge in [-0.25, -0.2) is 14.8 Å². The Labute approximate surface area is 116 Å². The van der Waals surface area contributed by atoms with Gasteiger partial charge in [-0.2, -0.15) is 0 Å². The van der Waals surface area contributed by atoms with Gasteiger partial charge in [-0.1, -0.05) is 0 Å². The van der Waals surface area contributed by atoms with Crippen LogP contribution in [-0.4, -0.2) is 46.2 Å². The molecular weight excluding hydrogens is 262 g/mol. The quantitative estimate of drug-likeness (QED) is 0.829. The Bertz CT molecular complexity index is 469. The SMILES string of the molecule is O=C(O)c1cnc(C(=O)NCCC2CCCCO2)cn1. The van der Waals surface area contributed by atoms with Crippen LogP contribution in [-0.2, 0) is 4.74 Å².